The van der Waals surface area contributed by atoms with Crippen LogP contribution in [0.5, 0.6) is 0 Å². The van der Waals surface area contributed by atoms with Crippen LogP contribution in [0.4, 0.5) is 0 Å². The zero-order chi connectivity index (χ0) is 11.5. The van der Waals surface area contributed by atoms with E-state index < -0.39 is 0 Å². The lowest BCUT2D eigenvalue weighted by molar-refractivity contribution is -0.127. The Morgan fingerprint density at radius 2 is 1.87 bits per heavy atom. The van der Waals surface area contributed by atoms with E-state index in [0.29, 0.717) is 11.8 Å². The van der Waals surface area contributed by atoms with Crippen molar-refractivity contribution < 1.29 is 4.79 Å². The molecule has 0 heterocycles. The highest BCUT2D eigenvalue weighted by Gasteiger charge is 2.35. The maximum atomic E-state index is 11.9. The van der Waals surface area contributed by atoms with E-state index in [1.54, 1.807) is 0 Å². The van der Waals surface area contributed by atoms with Crippen LogP contribution in [0.15, 0.2) is 0 Å². The molecule has 1 saturated carbocycles. The van der Waals surface area contributed by atoms with Gasteiger partial charge in [0.05, 0.1) is 5.54 Å². The minimum Gasteiger partial charge on any atom is -0.349 e. The molecule has 0 aromatic carbocycles. The number of hydrogen-bond donors (Lipinski definition) is 1. The van der Waals surface area contributed by atoms with Crippen molar-refractivity contribution in [3.63, 3.8) is 0 Å². The minimum absolute atomic E-state index is 0.0747. The maximum absolute atomic E-state index is 11.9. The van der Waals surface area contributed by atoms with Gasteiger partial charge in [-0.2, -0.15) is 0 Å². The first-order valence-corrected chi connectivity index (χ1v) is 6.42. The summed E-state index contributed by atoms with van der Waals surface area (Å²) in [5.74, 6) is 1.17. The average molecular weight is 232 g/mol. The number of rotatable bonds is 4. The predicted molar refractivity (Wildman–Crippen MR) is 64.1 cm³/mol. The van der Waals surface area contributed by atoms with Crippen LogP contribution < -0.4 is 5.32 Å². The first-order valence-electron chi connectivity index (χ1n) is 5.89. The average Bonchev–Trinajstić information content (AvgIpc) is 2.65. The molecular weight excluding hydrogens is 210 g/mol. The molecular formula is C12H22ClNO. The SMILES string of the molecule is CC(C)C(C)C(=O)NC1(CCl)CCCC1. The zero-order valence-electron chi connectivity index (χ0n) is 9.98. The van der Waals surface area contributed by atoms with Gasteiger partial charge in [0.25, 0.3) is 0 Å². The third-order valence-electron chi connectivity index (χ3n) is 3.62. The van der Waals surface area contributed by atoms with Gasteiger partial charge in [0.2, 0.25) is 5.91 Å². The lowest BCUT2D eigenvalue weighted by Crippen LogP contribution is -2.50. The van der Waals surface area contributed by atoms with E-state index in [9.17, 15) is 4.79 Å². The Bertz CT molecular complexity index is 222. The molecule has 0 aliphatic heterocycles. The van der Waals surface area contributed by atoms with Gasteiger partial charge in [0, 0.05) is 11.8 Å². The molecule has 88 valence electrons. The summed E-state index contributed by atoms with van der Waals surface area (Å²) >= 11 is 5.98. The van der Waals surface area contributed by atoms with Crippen molar-refractivity contribution in [1.29, 1.82) is 0 Å². The summed E-state index contributed by atoms with van der Waals surface area (Å²) in [7, 11) is 0. The molecule has 0 aromatic rings. The van der Waals surface area contributed by atoms with E-state index in [2.05, 4.69) is 19.2 Å². The van der Waals surface area contributed by atoms with E-state index in [-0.39, 0.29) is 17.4 Å². The first kappa shape index (κ1) is 12.8. The minimum atomic E-state index is -0.109. The second-order valence-corrected chi connectivity index (χ2v) is 5.41. The van der Waals surface area contributed by atoms with E-state index in [0.717, 1.165) is 12.8 Å². The van der Waals surface area contributed by atoms with Crippen molar-refractivity contribution in [3.05, 3.63) is 0 Å². The number of carbonyl (C=O) groups is 1. The number of amides is 1. The van der Waals surface area contributed by atoms with Gasteiger partial charge in [-0.05, 0) is 18.8 Å². The van der Waals surface area contributed by atoms with E-state index in [4.69, 9.17) is 11.6 Å². The quantitative estimate of drug-likeness (QED) is 0.741. The Hall–Kier alpha value is -0.240. The third-order valence-corrected chi connectivity index (χ3v) is 4.13. The zero-order valence-corrected chi connectivity index (χ0v) is 10.7. The third kappa shape index (κ3) is 3.10. The molecule has 0 bridgehead atoms. The first-order chi connectivity index (χ1) is 7.01. The summed E-state index contributed by atoms with van der Waals surface area (Å²) in [5, 5.41) is 3.15. The topological polar surface area (TPSA) is 29.1 Å². The molecule has 1 N–H and O–H groups in total. The molecule has 1 amide bonds. The van der Waals surface area contributed by atoms with E-state index >= 15 is 0 Å². The molecule has 0 spiro atoms. The van der Waals surface area contributed by atoms with Gasteiger partial charge in [-0.15, -0.1) is 11.6 Å². The highest BCUT2D eigenvalue weighted by Crippen LogP contribution is 2.31. The lowest BCUT2D eigenvalue weighted by atomic mass is 9.94. The normalized spacial score (nSPS) is 21.7. The van der Waals surface area contributed by atoms with Gasteiger partial charge in [-0.3, -0.25) is 4.79 Å². The van der Waals surface area contributed by atoms with Crippen molar-refractivity contribution in [2.24, 2.45) is 11.8 Å². The van der Waals surface area contributed by atoms with Crippen LogP contribution in [0, 0.1) is 11.8 Å². The highest BCUT2D eigenvalue weighted by atomic mass is 35.5. The molecule has 3 heteroatoms. The fourth-order valence-electron chi connectivity index (χ4n) is 2.02. The largest absolute Gasteiger partial charge is 0.349 e. The molecule has 0 saturated heterocycles. The molecule has 0 radical (unpaired) electrons. The fraction of sp³-hybridized carbons (Fsp3) is 0.917. The van der Waals surface area contributed by atoms with Crippen molar-refractivity contribution in [3.8, 4) is 0 Å². The smallest absolute Gasteiger partial charge is 0.223 e. The molecule has 1 fully saturated rings. The Morgan fingerprint density at radius 1 is 1.33 bits per heavy atom. The molecule has 1 rings (SSSR count). The predicted octanol–water partition coefficient (Wildman–Crippen LogP) is 2.95. The van der Waals surface area contributed by atoms with Crippen LogP contribution in [-0.4, -0.2) is 17.3 Å². The van der Waals surface area contributed by atoms with Crippen molar-refractivity contribution >= 4 is 17.5 Å². The highest BCUT2D eigenvalue weighted by molar-refractivity contribution is 6.18. The Morgan fingerprint density at radius 3 is 2.27 bits per heavy atom. The van der Waals surface area contributed by atoms with E-state index in [1.807, 2.05) is 6.92 Å². The maximum Gasteiger partial charge on any atom is 0.223 e. The molecule has 1 aliphatic rings. The number of nitrogens with one attached hydrogen (secondary N) is 1. The van der Waals surface area contributed by atoms with Crippen LogP contribution in [0.3, 0.4) is 0 Å². The molecule has 1 atom stereocenters. The number of hydrogen-bond acceptors (Lipinski definition) is 1. The summed E-state index contributed by atoms with van der Waals surface area (Å²) in [6.45, 7) is 6.13. The molecule has 1 aliphatic carbocycles. The molecule has 15 heavy (non-hydrogen) atoms. The van der Waals surface area contributed by atoms with Gasteiger partial charge in [-0.1, -0.05) is 33.6 Å². The van der Waals surface area contributed by atoms with Crippen LogP contribution in [0.2, 0.25) is 0 Å². The van der Waals surface area contributed by atoms with Gasteiger partial charge in [0.15, 0.2) is 0 Å². The second-order valence-electron chi connectivity index (χ2n) is 5.14. The lowest BCUT2D eigenvalue weighted by Gasteiger charge is -2.30. The summed E-state index contributed by atoms with van der Waals surface area (Å²) in [5.41, 5.74) is -0.109. The van der Waals surface area contributed by atoms with Crippen molar-refractivity contribution in [2.45, 2.75) is 52.0 Å². The van der Waals surface area contributed by atoms with Gasteiger partial charge < -0.3 is 5.32 Å². The Labute approximate surface area is 97.8 Å². The number of halogens is 1. The van der Waals surface area contributed by atoms with Crippen molar-refractivity contribution in [1.82, 2.24) is 5.32 Å². The Balaban J connectivity index is 2.55. The fourth-order valence-corrected chi connectivity index (χ4v) is 2.36. The van der Waals surface area contributed by atoms with E-state index in [1.165, 1.54) is 12.8 Å². The standard InChI is InChI=1S/C12H22ClNO/c1-9(2)10(3)11(15)14-12(8-13)6-4-5-7-12/h9-10H,4-8H2,1-3H3,(H,14,15). The van der Waals surface area contributed by atoms with Crippen LogP contribution in [0.1, 0.15) is 46.5 Å². The number of carbonyl (C=O) groups excluding carboxylic acids is 1. The van der Waals surface area contributed by atoms with Gasteiger partial charge in [0.1, 0.15) is 0 Å². The summed E-state index contributed by atoms with van der Waals surface area (Å²) < 4.78 is 0. The Kier molecular flexibility index (Phi) is 4.45. The summed E-state index contributed by atoms with van der Waals surface area (Å²) in [6.07, 6.45) is 4.44. The van der Waals surface area contributed by atoms with Gasteiger partial charge in [-0.25, -0.2) is 0 Å². The van der Waals surface area contributed by atoms with Crippen molar-refractivity contribution in [2.75, 3.05) is 5.88 Å². The van der Waals surface area contributed by atoms with Crippen LogP contribution in [0.25, 0.3) is 0 Å². The van der Waals surface area contributed by atoms with Crippen LogP contribution in [-0.2, 0) is 4.79 Å². The monoisotopic (exact) mass is 231 g/mol. The molecule has 1 unspecified atom stereocenters. The number of alkyl halides is 1. The summed E-state index contributed by atoms with van der Waals surface area (Å²) in [6, 6.07) is 0. The second kappa shape index (κ2) is 5.20. The van der Waals surface area contributed by atoms with Crippen LogP contribution >= 0.6 is 11.6 Å². The molecule has 0 aromatic heterocycles. The van der Waals surface area contributed by atoms with Gasteiger partial charge >= 0.3 is 0 Å². The molecule has 2 nitrogen and oxygen atoms in total. The summed E-state index contributed by atoms with van der Waals surface area (Å²) in [4.78, 5) is 11.9.